The molecule has 20 heavy (non-hydrogen) atoms. The molecular weight excluding hydrogens is 251 g/mol. The third kappa shape index (κ3) is 3.18. The fourth-order valence-electron chi connectivity index (χ4n) is 2.37. The summed E-state index contributed by atoms with van der Waals surface area (Å²) in [6.07, 6.45) is 8.79. The maximum absolute atomic E-state index is 5.96. The van der Waals surface area contributed by atoms with Crippen molar-refractivity contribution in [2.24, 2.45) is 0 Å². The largest absolute Gasteiger partial charge is 0.493 e. The summed E-state index contributed by atoms with van der Waals surface area (Å²) in [5.74, 6) is 0.933. The van der Waals surface area contributed by atoms with E-state index in [1.165, 1.54) is 5.57 Å². The van der Waals surface area contributed by atoms with Gasteiger partial charge < -0.3 is 14.0 Å². The van der Waals surface area contributed by atoms with Gasteiger partial charge in [-0.25, -0.2) is 0 Å². The van der Waals surface area contributed by atoms with Crippen LogP contribution >= 0.6 is 0 Å². The van der Waals surface area contributed by atoms with E-state index in [0.717, 1.165) is 31.5 Å². The molecule has 4 heteroatoms. The van der Waals surface area contributed by atoms with E-state index in [1.807, 2.05) is 12.2 Å². The average molecular weight is 276 g/mol. The summed E-state index contributed by atoms with van der Waals surface area (Å²) in [4.78, 5) is 0. The molecule has 0 atom stereocenters. The molecule has 0 aromatic carbocycles. The molecule has 2 heterocycles. The second kappa shape index (κ2) is 5.78. The third-order valence-electron chi connectivity index (χ3n) is 4.31. The minimum atomic E-state index is -0.265. The maximum atomic E-state index is 5.96. The molecule has 0 N–H and O–H groups in total. The van der Waals surface area contributed by atoms with E-state index in [0.29, 0.717) is 0 Å². The smallest absolute Gasteiger partial charge is 0.461 e. The number of hydrogen-bond acceptors (Lipinski definition) is 3. The van der Waals surface area contributed by atoms with Gasteiger partial charge in [0.25, 0.3) is 0 Å². The highest BCUT2D eigenvalue weighted by atomic mass is 16.7. The third-order valence-corrected chi connectivity index (χ3v) is 4.31. The fraction of sp³-hybridized carbons (Fsp3) is 0.625. The summed E-state index contributed by atoms with van der Waals surface area (Å²) in [6.45, 7) is 12.9. The Bertz CT molecular complexity index is 419. The Morgan fingerprint density at radius 2 is 1.85 bits per heavy atom. The van der Waals surface area contributed by atoms with Crippen LogP contribution in [0, 0.1) is 0 Å². The second-order valence-corrected chi connectivity index (χ2v) is 6.37. The highest BCUT2D eigenvalue weighted by Gasteiger charge is 2.50. The van der Waals surface area contributed by atoms with E-state index < -0.39 is 0 Å². The standard InChI is InChI=1S/C16H25BO3/c1-6-13-9-8-12-18-14(13)10-7-11-17-19-15(2,3)16(4,5)20-17/h6-7,10H,1,8-9,11-12H2,2-5H3/b10-7-. The zero-order valence-electron chi connectivity index (χ0n) is 13.1. The number of ether oxygens (including phenoxy) is 1. The van der Waals surface area contributed by atoms with E-state index in [1.54, 1.807) is 0 Å². The van der Waals surface area contributed by atoms with Crippen molar-refractivity contribution < 1.29 is 14.0 Å². The van der Waals surface area contributed by atoms with Crippen LogP contribution in [0.3, 0.4) is 0 Å². The number of allylic oxidation sites excluding steroid dienone is 4. The van der Waals surface area contributed by atoms with Crippen molar-refractivity contribution in [2.75, 3.05) is 6.61 Å². The Balaban J connectivity index is 1.95. The molecule has 2 aliphatic rings. The summed E-state index contributed by atoms with van der Waals surface area (Å²) in [7, 11) is -0.187. The highest BCUT2D eigenvalue weighted by molar-refractivity contribution is 6.46. The first kappa shape index (κ1) is 15.4. The van der Waals surface area contributed by atoms with Crippen LogP contribution in [-0.4, -0.2) is 24.9 Å². The second-order valence-electron chi connectivity index (χ2n) is 6.37. The molecule has 2 rings (SSSR count). The molecule has 3 nitrogen and oxygen atoms in total. The van der Waals surface area contributed by atoms with Crippen molar-refractivity contribution in [1.82, 2.24) is 0 Å². The van der Waals surface area contributed by atoms with Crippen LogP contribution in [0.2, 0.25) is 6.32 Å². The quantitative estimate of drug-likeness (QED) is 0.729. The molecular formula is C16H25BO3. The van der Waals surface area contributed by atoms with Gasteiger partial charge in [0.1, 0.15) is 5.76 Å². The monoisotopic (exact) mass is 276 g/mol. The fourth-order valence-corrected chi connectivity index (χ4v) is 2.37. The molecule has 1 fully saturated rings. The number of hydrogen-bond donors (Lipinski definition) is 0. The first-order chi connectivity index (χ1) is 9.36. The van der Waals surface area contributed by atoms with Crippen molar-refractivity contribution in [2.45, 2.75) is 58.1 Å². The van der Waals surface area contributed by atoms with Crippen molar-refractivity contribution in [1.29, 1.82) is 0 Å². The normalized spacial score (nSPS) is 25.1. The molecule has 0 radical (unpaired) electrons. The van der Waals surface area contributed by atoms with Crippen molar-refractivity contribution in [3.05, 3.63) is 36.1 Å². The molecule has 0 saturated carbocycles. The molecule has 0 aliphatic carbocycles. The average Bonchev–Trinajstić information content (AvgIpc) is 2.58. The first-order valence-electron chi connectivity index (χ1n) is 7.36. The Morgan fingerprint density at radius 1 is 1.20 bits per heavy atom. The van der Waals surface area contributed by atoms with Gasteiger partial charge in [-0.3, -0.25) is 0 Å². The van der Waals surface area contributed by atoms with Gasteiger partial charge in [0.05, 0.1) is 17.8 Å². The van der Waals surface area contributed by atoms with Crippen molar-refractivity contribution in [3.63, 3.8) is 0 Å². The Morgan fingerprint density at radius 3 is 2.45 bits per heavy atom. The minimum absolute atomic E-state index is 0.187. The molecule has 0 bridgehead atoms. The number of rotatable bonds is 4. The van der Waals surface area contributed by atoms with Crippen LogP contribution in [0.4, 0.5) is 0 Å². The summed E-state index contributed by atoms with van der Waals surface area (Å²) in [5, 5.41) is 0. The van der Waals surface area contributed by atoms with Crippen molar-refractivity contribution >= 4 is 7.12 Å². The van der Waals surface area contributed by atoms with Gasteiger partial charge in [0, 0.05) is 6.32 Å². The van der Waals surface area contributed by atoms with Gasteiger partial charge in [0.15, 0.2) is 0 Å². The van der Waals surface area contributed by atoms with Gasteiger partial charge in [-0.05, 0) is 52.2 Å². The van der Waals surface area contributed by atoms with E-state index in [4.69, 9.17) is 14.0 Å². The maximum Gasteiger partial charge on any atom is 0.461 e. The SMILES string of the molecule is C=CC1=C(/C=C\CB2OC(C)(C)C(C)(C)O2)OCCC1. The first-order valence-corrected chi connectivity index (χ1v) is 7.36. The van der Waals surface area contributed by atoms with Crippen LogP contribution in [0.5, 0.6) is 0 Å². The van der Waals surface area contributed by atoms with Gasteiger partial charge >= 0.3 is 7.12 Å². The molecule has 0 amide bonds. The van der Waals surface area contributed by atoms with E-state index in [-0.39, 0.29) is 18.3 Å². The predicted molar refractivity (Wildman–Crippen MR) is 82.4 cm³/mol. The Labute approximate surface area is 122 Å². The highest BCUT2D eigenvalue weighted by Crippen LogP contribution is 2.37. The lowest BCUT2D eigenvalue weighted by molar-refractivity contribution is 0.00578. The molecule has 110 valence electrons. The summed E-state index contributed by atoms with van der Waals surface area (Å²) in [5.41, 5.74) is 0.651. The zero-order chi connectivity index (χ0) is 14.8. The Kier molecular flexibility index (Phi) is 4.45. The lowest BCUT2D eigenvalue weighted by Crippen LogP contribution is -2.41. The van der Waals surface area contributed by atoms with E-state index in [9.17, 15) is 0 Å². The van der Waals surface area contributed by atoms with Gasteiger partial charge in [-0.2, -0.15) is 0 Å². The predicted octanol–water partition coefficient (Wildman–Crippen LogP) is 3.89. The molecule has 2 aliphatic heterocycles. The van der Waals surface area contributed by atoms with Crippen LogP contribution in [-0.2, 0) is 14.0 Å². The van der Waals surface area contributed by atoms with Gasteiger partial charge in [-0.1, -0.05) is 18.7 Å². The lowest BCUT2D eigenvalue weighted by Gasteiger charge is -2.32. The van der Waals surface area contributed by atoms with E-state index >= 15 is 0 Å². The van der Waals surface area contributed by atoms with Crippen LogP contribution < -0.4 is 0 Å². The van der Waals surface area contributed by atoms with E-state index in [2.05, 4.69) is 40.3 Å². The molecule has 1 saturated heterocycles. The lowest BCUT2D eigenvalue weighted by atomic mass is 9.84. The minimum Gasteiger partial charge on any atom is -0.493 e. The van der Waals surface area contributed by atoms with Crippen molar-refractivity contribution in [3.8, 4) is 0 Å². The molecule has 0 aromatic heterocycles. The topological polar surface area (TPSA) is 27.7 Å². The summed E-state index contributed by atoms with van der Waals surface area (Å²) in [6, 6.07) is 0. The summed E-state index contributed by atoms with van der Waals surface area (Å²) < 4.78 is 17.6. The van der Waals surface area contributed by atoms with Crippen LogP contribution in [0.15, 0.2) is 36.1 Å². The van der Waals surface area contributed by atoms with Gasteiger partial charge in [-0.15, -0.1) is 0 Å². The van der Waals surface area contributed by atoms with Crippen LogP contribution in [0.25, 0.3) is 0 Å². The molecule has 0 unspecified atom stereocenters. The molecule has 0 spiro atoms. The zero-order valence-corrected chi connectivity index (χ0v) is 13.1. The van der Waals surface area contributed by atoms with Crippen LogP contribution in [0.1, 0.15) is 40.5 Å². The van der Waals surface area contributed by atoms with Gasteiger partial charge in [0.2, 0.25) is 0 Å². The Hall–Kier alpha value is -0.995. The summed E-state index contributed by atoms with van der Waals surface area (Å²) >= 11 is 0. The molecule has 0 aromatic rings.